The molecule has 2 aromatic carbocycles. The highest BCUT2D eigenvalue weighted by molar-refractivity contribution is 9.10. The van der Waals surface area contributed by atoms with Crippen molar-refractivity contribution in [1.82, 2.24) is 19.9 Å². The molecule has 0 bridgehead atoms. The van der Waals surface area contributed by atoms with Gasteiger partial charge in [-0.3, -0.25) is 0 Å². The normalized spacial score (nSPS) is 11.0. The maximum absolute atomic E-state index is 12.0. The molecule has 2 amide bonds. The van der Waals surface area contributed by atoms with Crippen molar-refractivity contribution in [3.63, 3.8) is 0 Å². The highest BCUT2D eigenvalue weighted by Gasteiger charge is 2.13. The number of carbonyl (C=O) groups excluding carboxylic acids is 1. The van der Waals surface area contributed by atoms with Crippen molar-refractivity contribution in [2.24, 2.45) is 0 Å². The minimum absolute atomic E-state index is 0.0645. The van der Waals surface area contributed by atoms with Crippen LogP contribution in [0, 0.1) is 0 Å². The predicted molar refractivity (Wildman–Crippen MR) is 132 cm³/mol. The first-order valence-electron chi connectivity index (χ1n) is 10.1. The zero-order valence-electron chi connectivity index (χ0n) is 17.6. The molecule has 0 aliphatic carbocycles. The van der Waals surface area contributed by atoms with Crippen molar-refractivity contribution in [3.05, 3.63) is 75.9 Å². The summed E-state index contributed by atoms with van der Waals surface area (Å²) in [6, 6.07) is 17.0. The lowest BCUT2D eigenvalue weighted by Gasteiger charge is -2.13. The molecule has 9 heteroatoms. The number of nitrogens with zero attached hydrogens (tertiary/aromatic N) is 3. The van der Waals surface area contributed by atoms with E-state index in [1.165, 1.54) is 0 Å². The summed E-state index contributed by atoms with van der Waals surface area (Å²) in [5.41, 5.74) is 4.00. The Bertz CT molecular complexity index is 1270. The van der Waals surface area contributed by atoms with Crippen LogP contribution in [0.25, 0.3) is 16.9 Å². The number of amides is 2. The van der Waals surface area contributed by atoms with Crippen molar-refractivity contribution in [3.8, 4) is 11.3 Å². The number of rotatable bonds is 6. The molecule has 2 heterocycles. The van der Waals surface area contributed by atoms with E-state index in [0.717, 1.165) is 32.8 Å². The van der Waals surface area contributed by atoms with Gasteiger partial charge in [-0.25, -0.2) is 9.78 Å². The van der Waals surface area contributed by atoms with Gasteiger partial charge in [-0.15, -0.1) is 0 Å². The zero-order valence-corrected chi connectivity index (χ0v) is 19.9. The van der Waals surface area contributed by atoms with Crippen molar-refractivity contribution < 1.29 is 4.79 Å². The van der Waals surface area contributed by atoms with Gasteiger partial charge in [0.25, 0.3) is 0 Å². The van der Waals surface area contributed by atoms with Gasteiger partial charge in [0.05, 0.1) is 16.4 Å². The van der Waals surface area contributed by atoms with Gasteiger partial charge in [0.15, 0.2) is 5.65 Å². The maximum atomic E-state index is 12.0. The Balaban J connectivity index is 1.59. The summed E-state index contributed by atoms with van der Waals surface area (Å²) >= 11 is 9.92. The molecule has 0 aliphatic heterocycles. The quantitative estimate of drug-likeness (QED) is 0.297. The van der Waals surface area contributed by atoms with Crippen LogP contribution in [0.4, 0.5) is 16.3 Å². The second-order valence-electron chi connectivity index (χ2n) is 7.54. The van der Waals surface area contributed by atoms with Crippen LogP contribution in [-0.4, -0.2) is 26.7 Å². The van der Waals surface area contributed by atoms with Crippen molar-refractivity contribution in [2.45, 2.75) is 26.4 Å². The van der Waals surface area contributed by atoms with E-state index in [9.17, 15) is 4.79 Å². The third-order valence-electron chi connectivity index (χ3n) is 4.66. The molecular weight excluding hydrogens is 492 g/mol. The first kappa shape index (κ1) is 22.1. The van der Waals surface area contributed by atoms with Crippen LogP contribution in [0.3, 0.4) is 0 Å². The topological polar surface area (TPSA) is 83.4 Å². The molecule has 4 rings (SSSR count). The molecule has 0 unspecified atom stereocenters. The lowest BCUT2D eigenvalue weighted by atomic mass is 10.1. The molecule has 0 spiro atoms. The Kier molecular flexibility index (Phi) is 6.62. The highest BCUT2D eigenvalue weighted by atomic mass is 79.9. The number of hydrogen-bond donors (Lipinski definition) is 3. The summed E-state index contributed by atoms with van der Waals surface area (Å²) in [6.45, 7) is 4.36. The van der Waals surface area contributed by atoms with Crippen LogP contribution < -0.4 is 16.0 Å². The average molecular weight is 514 g/mol. The van der Waals surface area contributed by atoms with Crippen molar-refractivity contribution >= 4 is 50.7 Å². The number of carbonyl (C=O) groups is 1. The zero-order chi connectivity index (χ0) is 22.7. The lowest BCUT2D eigenvalue weighted by molar-refractivity contribution is 0.250. The Morgan fingerprint density at radius 3 is 2.75 bits per heavy atom. The Morgan fingerprint density at radius 1 is 1.16 bits per heavy atom. The van der Waals surface area contributed by atoms with Gasteiger partial charge in [0.2, 0.25) is 0 Å². The summed E-state index contributed by atoms with van der Waals surface area (Å²) < 4.78 is 2.53. The summed E-state index contributed by atoms with van der Waals surface area (Å²) in [5.74, 6) is 0.770. The van der Waals surface area contributed by atoms with Crippen LogP contribution in [0.15, 0.2) is 65.3 Å². The molecule has 0 radical (unpaired) electrons. The van der Waals surface area contributed by atoms with E-state index in [-0.39, 0.29) is 12.1 Å². The molecule has 32 heavy (non-hydrogen) atoms. The second-order valence-corrected chi connectivity index (χ2v) is 8.80. The maximum Gasteiger partial charge on any atom is 0.319 e. The number of nitrogens with one attached hydrogen (secondary N) is 3. The van der Waals surface area contributed by atoms with E-state index in [4.69, 9.17) is 16.6 Å². The molecule has 164 valence electrons. The van der Waals surface area contributed by atoms with Gasteiger partial charge in [0, 0.05) is 34.9 Å². The molecule has 0 aliphatic rings. The van der Waals surface area contributed by atoms with Gasteiger partial charge in [-0.2, -0.15) is 9.61 Å². The SMILES string of the molecule is CC(C)NC(=O)Nc1cccc(CNc2cc(-c3ccccc3Cl)nc3c(Br)cnn23)c1. The third kappa shape index (κ3) is 5.03. The van der Waals surface area contributed by atoms with Gasteiger partial charge in [-0.1, -0.05) is 41.9 Å². The monoisotopic (exact) mass is 512 g/mol. The van der Waals surface area contributed by atoms with E-state index in [2.05, 4.69) is 37.0 Å². The third-order valence-corrected chi connectivity index (χ3v) is 5.55. The standard InChI is InChI=1S/C23H22BrClN6O/c1-14(2)28-23(32)29-16-7-5-6-15(10-16)12-26-21-11-20(17-8-3-4-9-19(17)25)30-22-18(24)13-27-31(21)22/h3-11,13-14,26H,12H2,1-2H3,(H2,28,29,32). The number of fused-ring (bicyclic) bond motifs is 1. The summed E-state index contributed by atoms with van der Waals surface area (Å²) in [6.07, 6.45) is 1.71. The van der Waals surface area contributed by atoms with Gasteiger partial charge < -0.3 is 16.0 Å². The molecular formula is C23H22BrClN6O. The number of urea groups is 1. The van der Waals surface area contributed by atoms with Crippen molar-refractivity contribution in [2.75, 3.05) is 10.6 Å². The first-order valence-corrected chi connectivity index (χ1v) is 11.3. The molecule has 0 saturated heterocycles. The molecule has 0 fully saturated rings. The predicted octanol–water partition coefficient (Wildman–Crippen LogP) is 5.95. The van der Waals surface area contributed by atoms with E-state index in [1.54, 1.807) is 10.7 Å². The van der Waals surface area contributed by atoms with Gasteiger partial charge in [0.1, 0.15) is 5.82 Å². The van der Waals surface area contributed by atoms with Crippen molar-refractivity contribution in [1.29, 1.82) is 0 Å². The van der Waals surface area contributed by atoms with Gasteiger partial charge in [-0.05, 0) is 53.5 Å². The minimum Gasteiger partial charge on any atom is -0.366 e. The Morgan fingerprint density at radius 2 is 1.97 bits per heavy atom. The van der Waals surface area contributed by atoms with E-state index < -0.39 is 0 Å². The summed E-state index contributed by atoms with van der Waals surface area (Å²) in [5, 5.41) is 14.1. The Hall–Kier alpha value is -3.10. The number of benzene rings is 2. The fourth-order valence-electron chi connectivity index (χ4n) is 3.25. The molecule has 4 aromatic rings. The minimum atomic E-state index is -0.230. The van der Waals surface area contributed by atoms with Crippen LogP contribution >= 0.6 is 27.5 Å². The highest BCUT2D eigenvalue weighted by Crippen LogP contribution is 2.30. The van der Waals surface area contributed by atoms with E-state index in [0.29, 0.717) is 17.2 Å². The number of hydrogen-bond acceptors (Lipinski definition) is 4. The largest absolute Gasteiger partial charge is 0.366 e. The first-order chi connectivity index (χ1) is 15.4. The second kappa shape index (κ2) is 9.58. The smallest absolute Gasteiger partial charge is 0.319 e. The molecule has 0 saturated carbocycles. The molecule has 7 nitrogen and oxygen atoms in total. The van der Waals surface area contributed by atoms with Crippen LogP contribution in [-0.2, 0) is 6.54 Å². The number of aromatic nitrogens is 3. The average Bonchev–Trinajstić information content (AvgIpc) is 3.13. The lowest BCUT2D eigenvalue weighted by Crippen LogP contribution is -2.34. The fourth-order valence-corrected chi connectivity index (χ4v) is 3.83. The van der Waals surface area contributed by atoms with Gasteiger partial charge >= 0.3 is 6.03 Å². The Labute approximate surface area is 199 Å². The van der Waals surface area contributed by atoms with E-state index >= 15 is 0 Å². The van der Waals surface area contributed by atoms with Crippen LogP contribution in [0.2, 0.25) is 5.02 Å². The summed E-state index contributed by atoms with van der Waals surface area (Å²) in [7, 11) is 0. The molecule has 0 atom stereocenters. The van der Waals surface area contributed by atoms with Crippen LogP contribution in [0.1, 0.15) is 19.4 Å². The fraction of sp³-hybridized carbons (Fsp3) is 0.174. The molecule has 2 aromatic heterocycles. The van der Waals surface area contributed by atoms with Crippen LogP contribution in [0.5, 0.6) is 0 Å². The van der Waals surface area contributed by atoms with E-state index in [1.807, 2.05) is 68.4 Å². The number of anilines is 2. The summed E-state index contributed by atoms with van der Waals surface area (Å²) in [4.78, 5) is 16.7. The molecule has 3 N–H and O–H groups in total. The number of halogens is 2.